The zero-order valence-corrected chi connectivity index (χ0v) is 10.8. The van der Waals surface area contributed by atoms with Crippen molar-refractivity contribution < 1.29 is 0 Å². The molecule has 1 fully saturated rings. The summed E-state index contributed by atoms with van der Waals surface area (Å²) in [6, 6.07) is 12.1. The normalized spacial score (nSPS) is 15.6. The second-order valence-corrected chi connectivity index (χ2v) is 5.48. The molecule has 18 heavy (non-hydrogen) atoms. The Labute approximate surface area is 110 Å². The summed E-state index contributed by atoms with van der Waals surface area (Å²) < 4.78 is 0. The van der Waals surface area contributed by atoms with Gasteiger partial charge in [0.25, 0.3) is 0 Å². The van der Waals surface area contributed by atoms with Crippen molar-refractivity contribution in [1.29, 1.82) is 5.26 Å². The molecule has 0 aliphatic carbocycles. The quantitative estimate of drug-likeness (QED) is 0.785. The fourth-order valence-electron chi connectivity index (χ4n) is 2.28. The molecule has 0 atom stereocenters. The van der Waals surface area contributed by atoms with Crippen molar-refractivity contribution in [2.24, 2.45) is 0 Å². The molecule has 3 nitrogen and oxygen atoms in total. The first kappa shape index (κ1) is 11.4. The number of benzene rings is 1. The minimum atomic E-state index is 0.502. The predicted molar refractivity (Wildman–Crippen MR) is 76.0 cm³/mol. The molecule has 1 aromatic heterocycles. The van der Waals surface area contributed by atoms with Gasteiger partial charge in [-0.25, -0.2) is 4.98 Å². The van der Waals surface area contributed by atoms with Gasteiger partial charge in [-0.3, -0.25) is 0 Å². The number of pyridine rings is 1. The number of anilines is 1. The van der Waals surface area contributed by atoms with E-state index in [1.807, 2.05) is 36.0 Å². The number of aromatic nitrogens is 1. The van der Waals surface area contributed by atoms with Crippen LogP contribution in [0.5, 0.6) is 0 Å². The lowest BCUT2D eigenvalue weighted by Gasteiger charge is -2.29. The Morgan fingerprint density at radius 1 is 1.22 bits per heavy atom. The van der Waals surface area contributed by atoms with Crippen LogP contribution in [0.2, 0.25) is 0 Å². The molecule has 90 valence electrons. The lowest BCUT2D eigenvalue weighted by molar-refractivity contribution is 0.861. The van der Waals surface area contributed by atoms with Crippen LogP contribution in [0.3, 0.4) is 0 Å². The van der Waals surface area contributed by atoms with Gasteiger partial charge in [-0.05, 0) is 12.1 Å². The van der Waals surface area contributed by atoms with Gasteiger partial charge in [-0.1, -0.05) is 18.2 Å². The van der Waals surface area contributed by atoms with Crippen LogP contribution in [0, 0.1) is 11.3 Å². The van der Waals surface area contributed by atoms with E-state index in [0.717, 1.165) is 41.2 Å². The van der Waals surface area contributed by atoms with E-state index in [4.69, 9.17) is 5.26 Å². The summed E-state index contributed by atoms with van der Waals surface area (Å²) >= 11 is 1.99. The van der Waals surface area contributed by atoms with Gasteiger partial charge in [0.15, 0.2) is 0 Å². The van der Waals surface area contributed by atoms with Gasteiger partial charge in [-0.15, -0.1) is 0 Å². The Morgan fingerprint density at radius 2 is 2.00 bits per heavy atom. The summed E-state index contributed by atoms with van der Waals surface area (Å²) in [7, 11) is 0. The highest BCUT2D eigenvalue weighted by atomic mass is 32.2. The third-order valence-electron chi connectivity index (χ3n) is 3.16. The van der Waals surface area contributed by atoms with Crippen LogP contribution in [-0.4, -0.2) is 29.6 Å². The molecule has 3 rings (SSSR count). The lowest BCUT2D eigenvalue weighted by atomic mass is 10.1. The number of hydrogen-bond acceptors (Lipinski definition) is 4. The van der Waals surface area contributed by atoms with Crippen LogP contribution in [0.1, 0.15) is 5.69 Å². The molecule has 1 saturated heterocycles. The molecular formula is C14H13N3S. The van der Waals surface area contributed by atoms with Gasteiger partial charge < -0.3 is 4.90 Å². The average molecular weight is 255 g/mol. The topological polar surface area (TPSA) is 39.9 Å². The number of hydrogen-bond donors (Lipinski definition) is 0. The lowest BCUT2D eigenvalue weighted by Crippen LogP contribution is -2.32. The first-order valence-electron chi connectivity index (χ1n) is 6.01. The molecule has 4 heteroatoms. The van der Waals surface area contributed by atoms with Crippen molar-refractivity contribution in [2.45, 2.75) is 0 Å². The number of para-hydroxylation sites is 1. The van der Waals surface area contributed by atoms with Crippen LogP contribution in [0.15, 0.2) is 30.3 Å². The van der Waals surface area contributed by atoms with Crippen molar-refractivity contribution in [3.63, 3.8) is 0 Å². The van der Waals surface area contributed by atoms with Crippen molar-refractivity contribution in [3.8, 4) is 6.07 Å². The second kappa shape index (κ2) is 4.87. The minimum Gasteiger partial charge on any atom is -0.369 e. The Bertz CT molecular complexity index is 612. The van der Waals surface area contributed by atoms with Gasteiger partial charge in [0.05, 0.1) is 5.52 Å². The monoisotopic (exact) mass is 255 g/mol. The molecule has 0 unspecified atom stereocenters. The van der Waals surface area contributed by atoms with E-state index in [9.17, 15) is 0 Å². The summed E-state index contributed by atoms with van der Waals surface area (Å²) in [5.74, 6) is 2.30. The SMILES string of the molecule is N#Cc1cc(N2CCSCC2)c2ccccc2n1. The molecule has 0 bridgehead atoms. The van der Waals surface area contributed by atoms with Gasteiger partial charge in [0.1, 0.15) is 11.8 Å². The highest BCUT2D eigenvalue weighted by molar-refractivity contribution is 7.99. The largest absolute Gasteiger partial charge is 0.369 e. The number of nitriles is 1. The fraction of sp³-hybridized carbons (Fsp3) is 0.286. The average Bonchev–Trinajstić information content (AvgIpc) is 2.47. The molecular weight excluding hydrogens is 242 g/mol. The molecule has 1 aromatic carbocycles. The summed E-state index contributed by atoms with van der Waals surface area (Å²) in [4.78, 5) is 6.72. The van der Waals surface area contributed by atoms with Crippen molar-refractivity contribution in [2.75, 3.05) is 29.5 Å². The van der Waals surface area contributed by atoms with E-state index in [-0.39, 0.29) is 0 Å². The van der Waals surface area contributed by atoms with Crippen molar-refractivity contribution in [1.82, 2.24) is 4.98 Å². The maximum absolute atomic E-state index is 9.08. The van der Waals surface area contributed by atoms with Gasteiger partial charge in [0, 0.05) is 35.7 Å². The first-order valence-corrected chi connectivity index (χ1v) is 7.16. The number of nitrogens with zero attached hydrogens (tertiary/aromatic N) is 3. The van der Waals surface area contributed by atoms with Crippen LogP contribution in [0.4, 0.5) is 5.69 Å². The number of thioether (sulfide) groups is 1. The smallest absolute Gasteiger partial charge is 0.143 e. The zero-order chi connectivity index (χ0) is 12.4. The van der Waals surface area contributed by atoms with E-state index < -0.39 is 0 Å². The summed E-state index contributed by atoms with van der Waals surface area (Å²) in [6.07, 6.45) is 0. The van der Waals surface area contributed by atoms with Gasteiger partial charge in [-0.2, -0.15) is 17.0 Å². The highest BCUT2D eigenvalue weighted by Crippen LogP contribution is 2.28. The maximum atomic E-state index is 9.08. The molecule has 0 amide bonds. The molecule has 0 N–H and O–H groups in total. The van der Waals surface area contributed by atoms with E-state index in [0.29, 0.717) is 5.69 Å². The summed E-state index contributed by atoms with van der Waals surface area (Å²) in [5.41, 5.74) is 2.56. The second-order valence-electron chi connectivity index (χ2n) is 4.25. The van der Waals surface area contributed by atoms with E-state index in [1.165, 1.54) is 0 Å². The zero-order valence-electron chi connectivity index (χ0n) is 9.97. The fourth-order valence-corrected chi connectivity index (χ4v) is 3.18. The molecule has 0 spiro atoms. The Kier molecular flexibility index (Phi) is 3.07. The third-order valence-corrected chi connectivity index (χ3v) is 4.10. The Balaban J connectivity index is 2.16. The third kappa shape index (κ3) is 2.02. The number of fused-ring (bicyclic) bond motifs is 1. The van der Waals surface area contributed by atoms with Crippen LogP contribution in [0.25, 0.3) is 10.9 Å². The molecule has 1 aliphatic rings. The summed E-state index contributed by atoms with van der Waals surface area (Å²) in [5, 5.41) is 10.2. The minimum absolute atomic E-state index is 0.502. The highest BCUT2D eigenvalue weighted by Gasteiger charge is 2.15. The summed E-state index contributed by atoms with van der Waals surface area (Å²) in [6.45, 7) is 2.09. The van der Waals surface area contributed by atoms with Crippen LogP contribution < -0.4 is 4.90 Å². The molecule has 1 aliphatic heterocycles. The molecule has 2 heterocycles. The predicted octanol–water partition coefficient (Wildman–Crippen LogP) is 2.66. The van der Waals surface area contributed by atoms with E-state index in [2.05, 4.69) is 22.0 Å². The number of rotatable bonds is 1. The Morgan fingerprint density at radius 3 is 2.78 bits per heavy atom. The molecule has 0 saturated carbocycles. The maximum Gasteiger partial charge on any atom is 0.143 e. The van der Waals surface area contributed by atoms with Crippen molar-refractivity contribution in [3.05, 3.63) is 36.0 Å². The van der Waals surface area contributed by atoms with Crippen LogP contribution >= 0.6 is 11.8 Å². The van der Waals surface area contributed by atoms with E-state index >= 15 is 0 Å². The molecule has 0 radical (unpaired) electrons. The van der Waals surface area contributed by atoms with Gasteiger partial charge in [0.2, 0.25) is 0 Å². The van der Waals surface area contributed by atoms with Crippen LogP contribution in [-0.2, 0) is 0 Å². The standard InChI is InChI=1S/C14H13N3S/c15-10-11-9-14(17-5-7-18-8-6-17)12-3-1-2-4-13(12)16-11/h1-4,9H,5-8H2. The van der Waals surface area contributed by atoms with Crippen molar-refractivity contribution >= 4 is 28.4 Å². The Hall–Kier alpha value is -1.73. The van der Waals surface area contributed by atoms with E-state index in [1.54, 1.807) is 0 Å². The first-order chi connectivity index (χ1) is 8.88. The molecule has 2 aromatic rings. The van der Waals surface area contributed by atoms with Gasteiger partial charge >= 0.3 is 0 Å².